The maximum Gasteiger partial charge on any atom is 0.270 e. The quantitative estimate of drug-likeness (QED) is 0.551. The second-order valence-electron chi connectivity index (χ2n) is 6.25. The number of benzene rings is 2. The molecule has 25 heavy (non-hydrogen) atoms. The van der Waals surface area contributed by atoms with Gasteiger partial charge in [-0.3, -0.25) is 14.9 Å². The van der Waals surface area contributed by atoms with Gasteiger partial charge in [0.1, 0.15) is 0 Å². The topological polar surface area (TPSA) is 72.2 Å². The van der Waals surface area contributed by atoms with Crippen molar-refractivity contribution in [2.24, 2.45) is 0 Å². The number of nitro benzene ring substituents is 1. The molecular weight excluding hydrogens is 408 g/mol. The van der Waals surface area contributed by atoms with E-state index in [9.17, 15) is 14.9 Å². The first-order chi connectivity index (χ1) is 11.9. The van der Waals surface area contributed by atoms with Crippen molar-refractivity contribution >= 4 is 39.1 Å². The van der Waals surface area contributed by atoms with Crippen molar-refractivity contribution in [2.75, 3.05) is 6.54 Å². The molecule has 7 heteroatoms. The fourth-order valence-corrected chi connectivity index (χ4v) is 3.80. The highest BCUT2D eigenvalue weighted by Gasteiger charge is 2.39. The molecular formula is C18H16BrClN2O3. The molecule has 1 aliphatic carbocycles. The van der Waals surface area contributed by atoms with E-state index in [4.69, 9.17) is 11.6 Å². The molecule has 1 saturated carbocycles. The van der Waals surface area contributed by atoms with Crippen LogP contribution in [0.3, 0.4) is 0 Å². The Morgan fingerprint density at radius 1 is 1.28 bits per heavy atom. The summed E-state index contributed by atoms with van der Waals surface area (Å²) in [5.74, 6) is -0.318. The van der Waals surface area contributed by atoms with Gasteiger partial charge in [-0.2, -0.15) is 0 Å². The van der Waals surface area contributed by atoms with Gasteiger partial charge in [-0.15, -0.1) is 0 Å². The molecule has 0 atom stereocenters. The van der Waals surface area contributed by atoms with Gasteiger partial charge in [0.15, 0.2) is 0 Å². The minimum Gasteiger partial charge on any atom is -0.351 e. The molecule has 3 rings (SSSR count). The first kappa shape index (κ1) is 17.9. The molecule has 5 nitrogen and oxygen atoms in total. The average molecular weight is 424 g/mol. The van der Waals surface area contributed by atoms with Crippen LogP contribution in [0.25, 0.3) is 0 Å². The van der Waals surface area contributed by atoms with Gasteiger partial charge in [0.25, 0.3) is 11.6 Å². The maximum atomic E-state index is 12.5. The van der Waals surface area contributed by atoms with E-state index in [0.29, 0.717) is 6.54 Å². The summed E-state index contributed by atoms with van der Waals surface area (Å²) < 4.78 is 1.01. The first-order valence-corrected chi connectivity index (χ1v) is 9.07. The molecule has 1 fully saturated rings. The molecule has 1 amide bonds. The first-order valence-electron chi connectivity index (χ1n) is 7.89. The number of carbonyl (C=O) groups is 1. The molecule has 0 spiro atoms. The number of amides is 1. The van der Waals surface area contributed by atoms with E-state index in [2.05, 4.69) is 33.4 Å². The van der Waals surface area contributed by atoms with E-state index in [0.717, 1.165) is 23.7 Å². The van der Waals surface area contributed by atoms with Crippen LogP contribution in [0.1, 0.15) is 35.2 Å². The van der Waals surface area contributed by atoms with Gasteiger partial charge >= 0.3 is 0 Å². The van der Waals surface area contributed by atoms with Crippen LogP contribution in [-0.4, -0.2) is 17.4 Å². The molecule has 2 aromatic carbocycles. The average Bonchev–Trinajstić information content (AvgIpc) is 2.53. The number of halogens is 2. The van der Waals surface area contributed by atoms with Crippen molar-refractivity contribution in [1.29, 1.82) is 0 Å². The fourth-order valence-electron chi connectivity index (χ4n) is 3.14. The standard InChI is InChI=1S/C18H16BrClN2O3/c19-13-4-1-3-12(9-13)18(7-2-8-18)11-21-17(23)15-6-5-14(22(24)25)10-16(15)20/h1,3-6,9-10H,2,7-8,11H2,(H,21,23). The van der Waals surface area contributed by atoms with Crippen molar-refractivity contribution < 1.29 is 9.72 Å². The molecule has 0 saturated heterocycles. The number of rotatable bonds is 5. The lowest BCUT2D eigenvalue weighted by atomic mass is 9.64. The summed E-state index contributed by atoms with van der Waals surface area (Å²) in [6, 6.07) is 12.0. The predicted octanol–water partition coefficient (Wildman–Crippen LogP) is 4.86. The van der Waals surface area contributed by atoms with Gasteiger partial charge in [-0.25, -0.2) is 0 Å². The van der Waals surface area contributed by atoms with Crippen molar-refractivity contribution in [2.45, 2.75) is 24.7 Å². The minimum atomic E-state index is -0.538. The molecule has 0 aromatic heterocycles. The van der Waals surface area contributed by atoms with Crippen LogP contribution in [0, 0.1) is 10.1 Å². The Kier molecular flexibility index (Phi) is 5.11. The van der Waals surface area contributed by atoms with Crippen LogP contribution in [0.5, 0.6) is 0 Å². The predicted molar refractivity (Wildman–Crippen MR) is 100 cm³/mol. The van der Waals surface area contributed by atoms with Gasteiger partial charge in [-0.05, 0) is 36.6 Å². The molecule has 0 heterocycles. The molecule has 1 aliphatic rings. The number of nitro groups is 1. The Bertz CT molecular complexity index is 837. The summed E-state index contributed by atoms with van der Waals surface area (Å²) >= 11 is 9.53. The summed E-state index contributed by atoms with van der Waals surface area (Å²) in [5.41, 5.74) is 1.25. The van der Waals surface area contributed by atoms with Crippen molar-refractivity contribution in [3.05, 3.63) is 73.2 Å². The van der Waals surface area contributed by atoms with E-state index in [1.54, 1.807) is 0 Å². The zero-order valence-corrected chi connectivity index (χ0v) is 15.6. The van der Waals surface area contributed by atoms with Crippen LogP contribution in [0.15, 0.2) is 46.9 Å². The van der Waals surface area contributed by atoms with E-state index in [1.165, 1.54) is 23.8 Å². The number of nitrogens with zero attached hydrogens (tertiary/aromatic N) is 1. The normalized spacial score (nSPS) is 15.3. The van der Waals surface area contributed by atoms with Gasteiger partial charge in [0.2, 0.25) is 0 Å². The van der Waals surface area contributed by atoms with Gasteiger partial charge in [0.05, 0.1) is 15.5 Å². The second-order valence-corrected chi connectivity index (χ2v) is 7.57. The zero-order chi connectivity index (χ0) is 18.0. The van der Waals surface area contributed by atoms with Gasteiger partial charge in [-0.1, -0.05) is 46.1 Å². The number of hydrogen-bond acceptors (Lipinski definition) is 3. The lowest BCUT2D eigenvalue weighted by Gasteiger charge is -2.42. The van der Waals surface area contributed by atoms with Crippen LogP contribution < -0.4 is 5.32 Å². The van der Waals surface area contributed by atoms with Crippen molar-refractivity contribution in [3.63, 3.8) is 0 Å². The van der Waals surface area contributed by atoms with Gasteiger partial charge < -0.3 is 5.32 Å². The fraction of sp³-hybridized carbons (Fsp3) is 0.278. The molecule has 0 unspecified atom stereocenters. The van der Waals surface area contributed by atoms with Crippen molar-refractivity contribution in [1.82, 2.24) is 5.32 Å². The number of nitrogens with one attached hydrogen (secondary N) is 1. The summed E-state index contributed by atoms with van der Waals surface area (Å²) in [6.07, 6.45) is 3.15. The Hall–Kier alpha value is -1.92. The lowest BCUT2D eigenvalue weighted by molar-refractivity contribution is -0.384. The van der Waals surface area contributed by atoms with E-state index in [1.807, 2.05) is 12.1 Å². The molecule has 0 aliphatic heterocycles. The highest BCUT2D eigenvalue weighted by molar-refractivity contribution is 9.10. The molecule has 1 N–H and O–H groups in total. The summed E-state index contributed by atoms with van der Waals surface area (Å²) in [7, 11) is 0. The second kappa shape index (κ2) is 7.14. The van der Waals surface area contributed by atoms with Gasteiger partial charge in [0, 0.05) is 28.6 Å². The summed E-state index contributed by atoms with van der Waals surface area (Å²) in [6.45, 7) is 0.510. The number of carbonyl (C=O) groups excluding carboxylic acids is 1. The van der Waals surface area contributed by atoms with Crippen LogP contribution in [0.2, 0.25) is 5.02 Å². The Morgan fingerprint density at radius 3 is 2.60 bits per heavy atom. The third kappa shape index (κ3) is 3.70. The summed E-state index contributed by atoms with van der Waals surface area (Å²) in [4.78, 5) is 22.7. The Labute approximate surface area is 158 Å². The molecule has 0 bridgehead atoms. The Morgan fingerprint density at radius 2 is 2.04 bits per heavy atom. The van der Waals surface area contributed by atoms with Crippen LogP contribution in [0.4, 0.5) is 5.69 Å². The van der Waals surface area contributed by atoms with E-state index < -0.39 is 4.92 Å². The third-order valence-electron chi connectivity index (χ3n) is 4.74. The van der Waals surface area contributed by atoms with Crippen LogP contribution in [-0.2, 0) is 5.41 Å². The monoisotopic (exact) mass is 422 g/mol. The van der Waals surface area contributed by atoms with Crippen molar-refractivity contribution in [3.8, 4) is 0 Å². The highest BCUT2D eigenvalue weighted by Crippen LogP contribution is 2.43. The third-order valence-corrected chi connectivity index (χ3v) is 5.55. The molecule has 0 radical (unpaired) electrons. The maximum absolute atomic E-state index is 12.5. The van der Waals surface area contributed by atoms with Crippen LogP contribution >= 0.6 is 27.5 Å². The highest BCUT2D eigenvalue weighted by atomic mass is 79.9. The largest absolute Gasteiger partial charge is 0.351 e. The smallest absolute Gasteiger partial charge is 0.270 e. The number of non-ortho nitro benzene ring substituents is 1. The van der Waals surface area contributed by atoms with E-state index in [-0.39, 0.29) is 27.6 Å². The molecule has 130 valence electrons. The summed E-state index contributed by atoms with van der Waals surface area (Å²) in [5, 5.41) is 13.8. The lowest BCUT2D eigenvalue weighted by Crippen LogP contribution is -2.45. The SMILES string of the molecule is O=C(NCC1(c2cccc(Br)c2)CCC1)c1ccc([N+](=O)[O-])cc1Cl. The Balaban J connectivity index is 1.74. The zero-order valence-electron chi connectivity index (χ0n) is 13.3. The minimum absolute atomic E-state index is 0.0628. The van der Waals surface area contributed by atoms with E-state index >= 15 is 0 Å². The number of hydrogen-bond donors (Lipinski definition) is 1. The molecule has 2 aromatic rings.